The Morgan fingerprint density at radius 2 is 2.16 bits per heavy atom. The van der Waals surface area contributed by atoms with Crippen LogP contribution in [0.15, 0.2) is 41.0 Å². The van der Waals surface area contributed by atoms with Crippen LogP contribution in [0.25, 0.3) is 0 Å². The highest BCUT2D eigenvalue weighted by atomic mass is 79.9. The molecule has 0 amide bonds. The maximum absolute atomic E-state index is 13.8. The second-order valence-corrected chi connectivity index (χ2v) is 4.96. The van der Waals surface area contributed by atoms with Crippen molar-refractivity contribution in [1.29, 1.82) is 0 Å². The minimum Gasteiger partial charge on any atom is -0.496 e. The van der Waals surface area contributed by atoms with Crippen molar-refractivity contribution in [1.82, 2.24) is 4.98 Å². The molecular weight excluding hydrogens is 313 g/mol. The van der Waals surface area contributed by atoms with Crippen molar-refractivity contribution in [2.75, 3.05) is 7.11 Å². The molecule has 0 aliphatic carbocycles. The molecule has 0 fully saturated rings. The molecule has 2 aromatic rings. The second-order valence-electron chi connectivity index (χ2n) is 4.04. The molecule has 0 saturated heterocycles. The van der Waals surface area contributed by atoms with Gasteiger partial charge in [0.15, 0.2) is 0 Å². The fraction of sp³-hybridized carbons (Fsp3) is 0.214. The summed E-state index contributed by atoms with van der Waals surface area (Å²) in [5.74, 6) is -0.145. The summed E-state index contributed by atoms with van der Waals surface area (Å²) in [4.78, 5) is 4.16. The van der Waals surface area contributed by atoms with Gasteiger partial charge < -0.3 is 9.84 Å². The number of aliphatic hydroxyl groups excluding tert-OH is 1. The molecule has 5 heteroatoms. The van der Waals surface area contributed by atoms with Crippen LogP contribution in [0.1, 0.15) is 17.4 Å². The summed E-state index contributed by atoms with van der Waals surface area (Å²) in [5, 5.41) is 10.2. The average Bonchev–Trinajstić information content (AvgIpc) is 2.40. The van der Waals surface area contributed by atoms with E-state index < -0.39 is 11.9 Å². The maximum atomic E-state index is 13.8. The summed E-state index contributed by atoms with van der Waals surface area (Å²) in [7, 11) is 1.45. The molecule has 100 valence electrons. The molecule has 1 N–H and O–H groups in total. The Labute approximate surface area is 119 Å². The Hall–Kier alpha value is -1.46. The van der Waals surface area contributed by atoms with Crippen molar-refractivity contribution in [3.05, 3.63) is 58.1 Å². The number of ether oxygens (including phenoxy) is 1. The lowest BCUT2D eigenvalue weighted by Gasteiger charge is -2.15. The summed E-state index contributed by atoms with van der Waals surface area (Å²) >= 11 is 3.29. The number of halogens is 2. The molecule has 1 aromatic carbocycles. The summed E-state index contributed by atoms with van der Waals surface area (Å²) in [6, 6.07) is 8.07. The molecular formula is C14H13BrFNO2. The predicted octanol–water partition coefficient (Wildman–Crippen LogP) is 3.27. The number of rotatable bonds is 4. The number of benzene rings is 1. The maximum Gasteiger partial charge on any atom is 0.132 e. The first kappa shape index (κ1) is 14.0. The Morgan fingerprint density at radius 3 is 2.79 bits per heavy atom. The largest absolute Gasteiger partial charge is 0.496 e. The third kappa shape index (κ3) is 3.30. The monoisotopic (exact) mass is 325 g/mol. The van der Waals surface area contributed by atoms with Crippen LogP contribution in [0.5, 0.6) is 5.75 Å². The van der Waals surface area contributed by atoms with Crippen LogP contribution in [0.3, 0.4) is 0 Å². The minimum absolute atomic E-state index is 0.162. The Bertz CT molecular complexity index is 560. The van der Waals surface area contributed by atoms with Gasteiger partial charge in [0.1, 0.15) is 11.6 Å². The molecule has 1 aromatic heterocycles. The van der Waals surface area contributed by atoms with Crippen LogP contribution < -0.4 is 4.74 Å². The zero-order valence-corrected chi connectivity index (χ0v) is 11.9. The Kier molecular flexibility index (Phi) is 4.50. The number of methoxy groups -OCH3 is 1. The topological polar surface area (TPSA) is 42.4 Å². The molecule has 0 bridgehead atoms. The van der Waals surface area contributed by atoms with E-state index in [0.717, 1.165) is 4.47 Å². The fourth-order valence-electron chi connectivity index (χ4n) is 1.85. The zero-order valence-electron chi connectivity index (χ0n) is 10.3. The zero-order chi connectivity index (χ0) is 13.8. The summed E-state index contributed by atoms with van der Waals surface area (Å²) in [6.07, 6.45) is 0.871. The molecule has 19 heavy (non-hydrogen) atoms. The number of aliphatic hydroxyl groups is 1. The molecule has 0 aliphatic heterocycles. The molecule has 0 aliphatic rings. The van der Waals surface area contributed by atoms with E-state index >= 15 is 0 Å². The highest BCUT2D eigenvalue weighted by molar-refractivity contribution is 9.10. The van der Waals surface area contributed by atoms with Gasteiger partial charge in [0.2, 0.25) is 0 Å². The predicted molar refractivity (Wildman–Crippen MR) is 73.6 cm³/mol. The van der Waals surface area contributed by atoms with Crippen LogP contribution in [0.4, 0.5) is 4.39 Å². The first-order valence-corrected chi connectivity index (χ1v) is 6.52. The van der Waals surface area contributed by atoms with E-state index in [0.29, 0.717) is 11.4 Å². The SMILES string of the molecule is COc1cccc(F)c1C(O)Cc1ccc(Br)cn1. The van der Waals surface area contributed by atoms with E-state index in [1.807, 2.05) is 6.07 Å². The number of hydrogen-bond acceptors (Lipinski definition) is 3. The minimum atomic E-state index is -0.996. The number of hydrogen-bond donors (Lipinski definition) is 1. The molecule has 1 heterocycles. The van der Waals surface area contributed by atoms with Gasteiger partial charge in [0, 0.05) is 22.8 Å². The standard InChI is InChI=1S/C14H13BrFNO2/c1-19-13-4-2-3-11(16)14(13)12(18)7-10-6-5-9(15)8-17-10/h2-6,8,12,18H,7H2,1H3. The van der Waals surface area contributed by atoms with Crippen molar-refractivity contribution in [2.24, 2.45) is 0 Å². The molecule has 2 rings (SSSR count). The van der Waals surface area contributed by atoms with E-state index in [1.165, 1.54) is 13.2 Å². The van der Waals surface area contributed by atoms with Crippen molar-refractivity contribution >= 4 is 15.9 Å². The Morgan fingerprint density at radius 1 is 1.37 bits per heavy atom. The van der Waals surface area contributed by atoms with Gasteiger partial charge in [-0.2, -0.15) is 0 Å². The average molecular weight is 326 g/mol. The first-order valence-electron chi connectivity index (χ1n) is 5.72. The first-order chi connectivity index (χ1) is 9.11. The smallest absolute Gasteiger partial charge is 0.132 e. The number of aromatic nitrogens is 1. The van der Waals surface area contributed by atoms with Gasteiger partial charge in [-0.15, -0.1) is 0 Å². The lowest BCUT2D eigenvalue weighted by molar-refractivity contribution is 0.167. The Balaban J connectivity index is 2.24. The molecule has 0 radical (unpaired) electrons. The summed E-state index contributed by atoms with van der Waals surface area (Å²) < 4.78 is 19.7. The normalized spacial score (nSPS) is 12.2. The third-order valence-electron chi connectivity index (χ3n) is 2.76. The quantitative estimate of drug-likeness (QED) is 0.938. The van der Waals surface area contributed by atoms with E-state index in [-0.39, 0.29) is 12.0 Å². The van der Waals surface area contributed by atoms with Crippen LogP contribution >= 0.6 is 15.9 Å². The third-order valence-corrected chi connectivity index (χ3v) is 3.23. The van der Waals surface area contributed by atoms with Gasteiger partial charge in [-0.1, -0.05) is 6.07 Å². The molecule has 1 unspecified atom stereocenters. The van der Waals surface area contributed by atoms with Crippen molar-refractivity contribution in [2.45, 2.75) is 12.5 Å². The second kappa shape index (κ2) is 6.12. The van der Waals surface area contributed by atoms with Crippen molar-refractivity contribution in [3.63, 3.8) is 0 Å². The fourth-order valence-corrected chi connectivity index (χ4v) is 2.08. The van der Waals surface area contributed by atoms with Crippen molar-refractivity contribution < 1.29 is 14.2 Å². The highest BCUT2D eigenvalue weighted by Crippen LogP contribution is 2.29. The molecule has 3 nitrogen and oxygen atoms in total. The summed E-state index contributed by atoms with van der Waals surface area (Å²) in [5.41, 5.74) is 0.843. The van der Waals surface area contributed by atoms with Gasteiger partial charge in [-0.05, 0) is 40.2 Å². The van der Waals surface area contributed by atoms with Gasteiger partial charge in [-0.3, -0.25) is 4.98 Å². The highest BCUT2D eigenvalue weighted by Gasteiger charge is 2.18. The van der Waals surface area contributed by atoms with E-state index in [1.54, 1.807) is 24.4 Å². The van der Waals surface area contributed by atoms with Crippen LogP contribution in [-0.4, -0.2) is 17.2 Å². The lowest BCUT2D eigenvalue weighted by atomic mass is 10.0. The molecule has 0 saturated carbocycles. The van der Waals surface area contributed by atoms with Crippen LogP contribution in [0, 0.1) is 5.82 Å². The van der Waals surface area contributed by atoms with Crippen molar-refractivity contribution in [3.8, 4) is 5.75 Å². The molecule has 1 atom stereocenters. The number of nitrogens with zero attached hydrogens (tertiary/aromatic N) is 1. The van der Waals surface area contributed by atoms with Gasteiger partial charge in [-0.25, -0.2) is 4.39 Å². The van der Waals surface area contributed by atoms with Gasteiger partial charge in [0.25, 0.3) is 0 Å². The van der Waals surface area contributed by atoms with Gasteiger partial charge in [0.05, 0.1) is 18.8 Å². The lowest BCUT2D eigenvalue weighted by Crippen LogP contribution is -2.07. The van der Waals surface area contributed by atoms with E-state index in [4.69, 9.17) is 4.74 Å². The van der Waals surface area contributed by atoms with Crippen LogP contribution in [-0.2, 0) is 6.42 Å². The summed E-state index contributed by atoms with van der Waals surface area (Å²) in [6.45, 7) is 0. The van der Waals surface area contributed by atoms with Gasteiger partial charge >= 0.3 is 0 Å². The van der Waals surface area contributed by atoms with E-state index in [2.05, 4.69) is 20.9 Å². The number of pyridine rings is 1. The molecule has 0 spiro atoms. The van der Waals surface area contributed by atoms with E-state index in [9.17, 15) is 9.50 Å². The van der Waals surface area contributed by atoms with Crippen LogP contribution in [0.2, 0.25) is 0 Å².